The second kappa shape index (κ2) is 5.55. The van der Waals surface area contributed by atoms with Crippen molar-refractivity contribution < 1.29 is 4.79 Å². The van der Waals surface area contributed by atoms with Crippen molar-refractivity contribution in [1.82, 2.24) is 4.90 Å². The van der Waals surface area contributed by atoms with Crippen LogP contribution in [0.15, 0.2) is 36.4 Å². The molecule has 1 aromatic rings. The molecule has 2 aliphatic rings. The molecule has 0 aliphatic heterocycles. The van der Waals surface area contributed by atoms with E-state index < -0.39 is 0 Å². The van der Waals surface area contributed by atoms with Gasteiger partial charge in [-0.2, -0.15) is 0 Å². The van der Waals surface area contributed by atoms with Crippen molar-refractivity contribution in [2.45, 2.75) is 25.8 Å². The number of para-hydroxylation sites is 1. The fourth-order valence-electron chi connectivity index (χ4n) is 3.79. The molecule has 0 radical (unpaired) electrons. The summed E-state index contributed by atoms with van der Waals surface area (Å²) in [6.45, 7) is 2.25. The molecule has 0 spiro atoms. The van der Waals surface area contributed by atoms with Crippen molar-refractivity contribution in [1.29, 1.82) is 0 Å². The van der Waals surface area contributed by atoms with Gasteiger partial charge in [0.05, 0.1) is 5.56 Å². The summed E-state index contributed by atoms with van der Waals surface area (Å²) >= 11 is 0. The molecule has 0 aromatic heterocycles. The number of benzene rings is 1. The molecule has 112 valence electrons. The summed E-state index contributed by atoms with van der Waals surface area (Å²) in [5.74, 6) is 2.23. The molecule has 3 nitrogen and oxygen atoms in total. The normalized spacial score (nSPS) is 27.7. The number of fused-ring (bicyclic) bond motifs is 2. The first-order valence-corrected chi connectivity index (χ1v) is 7.82. The number of hydrogen-bond acceptors (Lipinski definition) is 2. The van der Waals surface area contributed by atoms with E-state index in [-0.39, 0.29) is 5.91 Å². The largest absolute Gasteiger partial charge is 0.382 e. The molecule has 3 heteroatoms. The van der Waals surface area contributed by atoms with Gasteiger partial charge < -0.3 is 10.2 Å². The molecule has 3 rings (SSSR count). The van der Waals surface area contributed by atoms with E-state index >= 15 is 0 Å². The molecule has 1 saturated carbocycles. The number of anilines is 1. The van der Waals surface area contributed by atoms with Gasteiger partial charge >= 0.3 is 0 Å². The highest BCUT2D eigenvalue weighted by Crippen LogP contribution is 2.45. The van der Waals surface area contributed by atoms with Gasteiger partial charge in [0.2, 0.25) is 0 Å². The SMILES string of the molecule is CC(Nc1ccccc1C(=O)N(C)C)C1CC2C=CC1C2. The average molecular weight is 284 g/mol. The fourth-order valence-corrected chi connectivity index (χ4v) is 3.79. The van der Waals surface area contributed by atoms with Crippen molar-refractivity contribution in [2.24, 2.45) is 17.8 Å². The summed E-state index contributed by atoms with van der Waals surface area (Å²) in [6.07, 6.45) is 7.35. The van der Waals surface area contributed by atoms with E-state index in [1.165, 1.54) is 12.8 Å². The van der Waals surface area contributed by atoms with Crippen molar-refractivity contribution in [2.75, 3.05) is 19.4 Å². The Balaban J connectivity index is 1.76. The van der Waals surface area contributed by atoms with Crippen LogP contribution in [0.4, 0.5) is 5.69 Å². The van der Waals surface area contributed by atoms with E-state index in [1.807, 2.05) is 24.3 Å². The fraction of sp³-hybridized carbons (Fsp3) is 0.500. The molecule has 1 fully saturated rings. The molecule has 2 aliphatic carbocycles. The summed E-state index contributed by atoms with van der Waals surface area (Å²) in [7, 11) is 3.59. The van der Waals surface area contributed by atoms with Crippen LogP contribution in [0.25, 0.3) is 0 Å². The van der Waals surface area contributed by atoms with Gasteiger partial charge in [-0.15, -0.1) is 0 Å². The van der Waals surface area contributed by atoms with E-state index in [9.17, 15) is 4.79 Å². The summed E-state index contributed by atoms with van der Waals surface area (Å²) in [6, 6.07) is 8.21. The Kier molecular flexibility index (Phi) is 3.75. The van der Waals surface area contributed by atoms with Crippen LogP contribution in [0.3, 0.4) is 0 Å². The number of nitrogens with one attached hydrogen (secondary N) is 1. The van der Waals surface area contributed by atoms with E-state index in [1.54, 1.807) is 19.0 Å². The van der Waals surface area contributed by atoms with Crippen molar-refractivity contribution in [3.63, 3.8) is 0 Å². The van der Waals surface area contributed by atoms with Gasteiger partial charge in [-0.1, -0.05) is 24.3 Å². The molecule has 1 amide bonds. The smallest absolute Gasteiger partial charge is 0.255 e. The standard InChI is InChI=1S/C18H24N2O/c1-12(16-11-13-8-9-14(16)10-13)19-17-7-5-4-6-15(17)18(21)20(2)3/h4-9,12-14,16,19H,10-11H2,1-3H3. The quantitative estimate of drug-likeness (QED) is 0.859. The van der Waals surface area contributed by atoms with Crippen molar-refractivity contribution in [3.8, 4) is 0 Å². The van der Waals surface area contributed by atoms with Gasteiger partial charge in [0.25, 0.3) is 5.91 Å². The molecule has 4 atom stereocenters. The molecule has 1 aromatic carbocycles. The molecule has 0 heterocycles. The number of allylic oxidation sites excluding steroid dienone is 2. The minimum atomic E-state index is 0.0538. The Hall–Kier alpha value is -1.77. The minimum absolute atomic E-state index is 0.0538. The molecular formula is C18H24N2O. The zero-order valence-electron chi connectivity index (χ0n) is 13.0. The maximum absolute atomic E-state index is 12.3. The Morgan fingerprint density at radius 1 is 1.24 bits per heavy atom. The third-order valence-corrected chi connectivity index (χ3v) is 4.92. The second-order valence-electron chi connectivity index (χ2n) is 6.62. The predicted octanol–water partition coefficient (Wildman–Crippen LogP) is 3.40. The zero-order chi connectivity index (χ0) is 15.0. The predicted molar refractivity (Wildman–Crippen MR) is 86.4 cm³/mol. The monoisotopic (exact) mass is 284 g/mol. The Morgan fingerprint density at radius 3 is 2.62 bits per heavy atom. The maximum atomic E-state index is 12.3. The Morgan fingerprint density at radius 2 is 2.00 bits per heavy atom. The summed E-state index contributed by atoms with van der Waals surface area (Å²) in [5, 5.41) is 3.59. The van der Waals surface area contributed by atoms with E-state index in [0.29, 0.717) is 17.9 Å². The summed E-state index contributed by atoms with van der Waals surface area (Å²) < 4.78 is 0. The zero-order valence-corrected chi connectivity index (χ0v) is 13.0. The highest BCUT2D eigenvalue weighted by Gasteiger charge is 2.38. The molecule has 4 unspecified atom stereocenters. The first-order chi connectivity index (χ1) is 10.1. The molecule has 0 saturated heterocycles. The van der Waals surface area contributed by atoms with Gasteiger partial charge in [-0.05, 0) is 49.7 Å². The average Bonchev–Trinajstić information content (AvgIpc) is 3.09. The van der Waals surface area contributed by atoms with Crippen LogP contribution < -0.4 is 5.32 Å². The maximum Gasteiger partial charge on any atom is 0.255 e. The van der Waals surface area contributed by atoms with Gasteiger partial charge in [0.1, 0.15) is 0 Å². The lowest BCUT2D eigenvalue weighted by Gasteiger charge is -2.28. The first kappa shape index (κ1) is 14.2. The van der Waals surface area contributed by atoms with Crippen LogP contribution in [-0.4, -0.2) is 30.9 Å². The van der Waals surface area contributed by atoms with E-state index in [2.05, 4.69) is 24.4 Å². The number of carbonyl (C=O) groups excluding carboxylic acids is 1. The van der Waals surface area contributed by atoms with Gasteiger partial charge in [0.15, 0.2) is 0 Å². The third kappa shape index (κ3) is 2.69. The Bertz CT molecular complexity index is 564. The Labute approximate surface area is 127 Å². The molecule has 21 heavy (non-hydrogen) atoms. The number of hydrogen-bond donors (Lipinski definition) is 1. The lowest BCUT2D eigenvalue weighted by molar-refractivity contribution is 0.0828. The molecule has 1 N–H and O–H groups in total. The highest BCUT2D eigenvalue weighted by atomic mass is 16.2. The molecular weight excluding hydrogens is 260 g/mol. The first-order valence-electron chi connectivity index (χ1n) is 7.82. The lowest BCUT2D eigenvalue weighted by Crippen LogP contribution is -2.30. The summed E-state index contributed by atoms with van der Waals surface area (Å²) in [4.78, 5) is 13.9. The topological polar surface area (TPSA) is 32.3 Å². The minimum Gasteiger partial charge on any atom is -0.382 e. The third-order valence-electron chi connectivity index (χ3n) is 4.92. The number of rotatable bonds is 4. The number of amides is 1. The lowest BCUT2D eigenvalue weighted by atomic mass is 9.87. The van der Waals surface area contributed by atoms with Crippen molar-refractivity contribution in [3.05, 3.63) is 42.0 Å². The van der Waals surface area contributed by atoms with Crippen LogP contribution >= 0.6 is 0 Å². The van der Waals surface area contributed by atoms with E-state index in [0.717, 1.165) is 17.2 Å². The van der Waals surface area contributed by atoms with Gasteiger partial charge in [0, 0.05) is 25.8 Å². The summed E-state index contributed by atoms with van der Waals surface area (Å²) in [5.41, 5.74) is 1.71. The second-order valence-corrected chi connectivity index (χ2v) is 6.62. The highest BCUT2D eigenvalue weighted by molar-refractivity contribution is 5.99. The van der Waals surface area contributed by atoms with Crippen LogP contribution in [0, 0.1) is 17.8 Å². The number of nitrogens with zero attached hydrogens (tertiary/aromatic N) is 1. The van der Waals surface area contributed by atoms with Crippen LogP contribution in [-0.2, 0) is 0 Å². The van der Waals surface area contributed by atoms with Crippen LogP contribution in [0.2, 0.25) is 0 Å². The molecule has 2 bridgehead atoms. The number of carbonyl (C=O) groups is 1. The van der Waals surface area contributed by atoms with Gasteiger partial charge in [-0.25, -0.2) is 0 Å². The van der Waals surface area contributed by atoms with Crippen molar-refractivity contribution >= 4 is 11.6 Å². The van der Waals surface area contributed by atoms with E-state index in [4.69, 9.17) is 0 Å². The van der Waals surface area contributed by atoms with Crippen LogP contribution in [0.1, 0.15) is 30.1 Å². The van der Waals surface area contributed by atoms with Crippen LogP contribution in [0.5, 0.6) is 0 Å². The van der Waals surface area contributed by atoms with Gasteiger partial charge in [-0.3, -0.25) is 4.79 Å².